The number of ether oxygens (including phenoxy) is 2. The van der Waals surface area contributed by atoms with E-state index in [9.17, 15) is 18.4 Å². The fourth-order valence-corrected chi connectivity index (χ4v) is 2.98. The second-order valence-corrected chi connectivity index (χ2v) is 6.02. The summed E-state index contributed by atoms with van der Waals surface area (Å²) in [5.41, 5.74) is 2.32. The first-order valence-corrected chi connectivity index (χ1v) is 8.15. The van der Waals surface area contributed by atoms with Crippen LogP contribution in [-0.4, -0.2) is 37.2 Å². The number of carbonyl (C=O) groups excluding carboxylic acids is 2. The van der Waals surface area contributed by atoms with Crippen LogP contribution in [-0.2, 0) is 9.53 Å². The molecule has 0 aliphatic carbocycles. The van der Waals surface area contributed by atoms with Crippen LogP contribution in [0.5, 0.6) is 5.75 Å². The van der Waals surface area contributed by atoms with Crippen LogP contribution in [0.15, 0.2) is 23.4 Å². The third-order valence-electron chi connectivity index (χ3n) is 4.27. The first-order valence-electron chi connectivity index (χ1n) is 8.15. The van der Waals surface area contributed by atoms with Gasteiger partial charge in [0, 0.05) is 12.7 Å². The third-order valence-corrected chi connectivity index (χ3v) is 4.27. The van der Waals surface area contributed by atoms with Crippen LogP contribution in [0, 0.1) is 13.8 Å². The summed E-state index contributed by atoms with van der Waals surface area (Å²) < 4.78 is 34.8. The predicted molar refractivity (Wildman–Crippen MR) is 90.9 cm³/mol. The Morgan fingerprint density at radius 3 is 2.35 bits per heavy atom. The number of carbonyl (C=O) groups is 2. The normalized spacial score (nSPS) is 17.5. The number of hydrogen-bond acceptors (Lipinski definition) is 4. The minimum Gasteiger partial charge on any atom is -0.463 e. The summed E-state index contributed by atoms with van der Waals surface area (Å²) in [6.07, 6.45) is 0. The summed E-state index contributed by atoms with van der Waals surface area (Å²) >= 11 is 0. The van der Waals surface area contributed by atoms with Gasteiger partial charge in [-0.2, -0.15) is 8.78 Å². The molecule has 0 bridgehead atoms. The Balaban J connectivity index is 2.54. The number of nitrogens with one attached hydrogen (secondary N) is 1. The van der Waals surface area contributed by atoms with Gasteiger partial charge in [0.15, 0.2) is 0 Å². The van der Waals surface area contributed by atoms with Crippen LogP contribution in [0.2, 0.25) is 0 Å². The lowest BCUT2D eigenvalue weighted by molar-refractivity contribution is -0.139. The summed E-state index contributed by atoms with van der Waals surface area (Å²) in [5.74, 6) is -0.452. The zero-order valence-electron chi connectivity index (χ0n) is 15.4. The molecule has 0 unspecified atom stereocenters. The SMILES string of the molecule is CCOC(=O)C1=C(C)N(C)C(=O)N[C@@H]1c1cc(C)c(OC(F)F)c(C)c1. The van der Waals surface area contributed by atoms with Crippen LogP contribution in [0.3, 0.4) is 0 Å². The molecule has 0 aromatic heterocycles. The highest BCUT2D eigenvalue weighted by molar-refractivity contribution is 5.95. The van der Waals surface area contributed by atoms with Gasteiger partial charge in [0.05, 0.1) is 18.2 Å². The van der Waals surface area contributed by atoms with E-state index >= 15 is 0 Å². The van der Waals surface area contributed by atoms with Gasteiger partial charge in [-0.15, -0.1) is 0 Å². The van der Waals surface area contributed by atoms with Gasteiger partial charge >= 0.3 is 18.6 Å². The molecular weight excluding hydrogens is 346 g/mol. The Bertz CT molecular complexity index is 739. The third kappa shape index (κ3) is 3.79. The van der Waals surface area contributed by atoms with Gasteiger partial charge < -0.3 is 19.7 Å². The van der Waals surface area contributed by atoms with E-state index in [1.54, 1.807) is 46.9 Å². The maximum atomic E-state index is 12.6. The van der Waals surface area contributed by atoms with Crippen LogP contribution < -0.4 is 10.1 Å². The highest BCUT2D eigenvalue weighted by atomic mass is 19.3. The second kappa shape index (κ2) is 7.72. The molecule has 0 saturated carbocycles. The molecule has 2 rings (SSSR count). The molecule has 0 spiro atoms. The van der Waals surface area contributed by atoms with E-state index < -0.39 is 18.6 Å². The lowest BCUT2D eigenvalue weighted by atomic mass is 9.92. The highest BCUT2D eigenvalue weighted by Gasteiger charge is 2.35. The topological polar surface area (TPSA) is 67.9 Å². The summed E-state index contributed by atoms with van der Waals surface area (Å²) in [5, 5.41) is 2.76. The van der Waals surface area contributed by atoms with Gasteiger partial charge in [0.25, 0.3) is 0 Å². The zero-order chi connectivity index (χ0) is 19.6. The highest BCUT2D eigenvalue weighted by Crippen LogP contribution is 2.35. The van der Waals surface area contributed by atoms with E-state index in [0.717, 1.165) is 0 Å². The van der Waals surface area contributed by atoms with Crippen LogP contribution in [0.1, 0.15) is 36.6 Å². The van der Waals surface area contributed by atoms with E-state index in [1.807, 2.05) is 0 Å². The molecule has 0 radical (unpaired) electrons. The average Bonchev–Trinajstić information content (AvgIpc) is 2.55. The number of benzene rings is 1. The number of halogens is 2. The van der Waals surface area contributed by atoms with Crippen molar-refractivity contribution < 1.29 is 27.8 Å². The molecule has 1 aliphatic heterocycles. The average molecular weight is 368 g/mol. The zero-order valence-corrected chi connectivity index (χ0v) is 15.4. The van der Waals surface area contributed by atoms with E-state index in [-0.39, 0.29) is 18.4 Å². The van der Waals surface area contributed by atoms with E-state index in [0.29, 0.717) is 28.0 Å². The monoisotopic (exact) mass is 368 g/mol. The maximum Gasteiger partial charge on any atom is 0.387 e. The van der Waals surface area contributed by atoms with Crippen LogP contribution >= 0.6 is 0 Å². The van der Waals surface area contributed by atoms with Crippen LogP contribution in [0.4, 0.5) is 13.6 Å². The molecular formula is C18H22F2N2O4. The summed E-state index contributed by atoms with van der Waals surface area (Å²) in [6.45, 7) is 3.87. The number of aryl methyl sites for hydroxylation is 2. The Morgan fingerprint density at radius 1 is 1.27 bits per heavy atom. The largest absolute Gasteiger partial charge is 0.463 e. The molecule has 26 heavy (non-hydrogen) atoms. The number of esters is 1. The van der Waals surface area contributed by atoms with Crippen molar-refractivity contribution in [2.24, 2.45) is 0 Å². The van der Waals surface area contributed by atoms with Crippen molar-refractivity contribution in [1.82, 2.24) is 10.2 Å². The molecule has 1 atom stereocenters. The molecule has 1 aliphatic rings. The number of allylic oxidation sites excluding steroid dienone is 1. The minimum atomic E-state index is -2.93. The maximum absolute atomic E-state index is 12.6. The Morgan fingerprint density at radius 2 is 1.85 bits per heavy atom. The van der Waals surface area contributed by atoms with E-state index in [2.05, 4.69) is 10.1 Å². The molecule has 1 heterocycles. The van der Waals surface area contributed by atoms with Crippen molar-refractivity contribution in [2.45, 2.75) is 40.3 Å². The molecule has 0 fully saturated rings. The molecule has 142 valence electrons. The van der Waals surface area contributed by atoms with Crippen molar-refractivity contribution in [2.75, 3.05) is 13.7 Å². The Hall–Kier alpha value is -2.64. The van der Waals surface area contributed by atoms with E-state index in [1.165, 1.54) is 4.90 Å². The van der Waals surface area contributed by atoms with E-state index in [4.69, 9.17) is 4.74 Å². The molecule has 1 N–H and O–H groups in total. The molecule has 0 saturated heterocycles. The number of urea groups is 1. The smallest absolute Gasteiger partial charge is 0.387 e. The van der Waals surface area contributed by atoms with Crippen molar-refractivity contribution in [1.29, 1.82) is 0 Å². The number of amides is 2. The van der Waals surface area contributed by atoms with Gasteiger partial charge in [0.1, 0.15) is 5.75 Å². The number of hydrogen-bond donors (Lipinski definition) is 1. The number of nitrogens with zero attached hydrogens (tertiary/aromatic N) is 1. The fraction of sp³-hybridized carbons (Fsp3) is 0.444. The number of alkyl halides is 2. The molecule has 1 aromatic carbocycles. The Kier molecular flexibility index (Phi) is 5.84. The van der Waals surface area contributed by atoms with Crippen molar-refractivity contribution in [3.8, 4) is 5.75 Å². The standard InChI is InChI=1S/C18H22F2N2O4/c1-6-25-16(23)13-11(4)22(5)18(24)21-14(13)12-7-9(2)15(10(3)8-12)26-17(19)20/h7-8,14,17H,6H2,1-5H3,(H,21,24)/t14-/m1/s1. The second-order valence-electron chi connectivity index (χ2n) is 6.02. The molecule has 2 amide bonds. The molecule has 8 heteroatoms. The predicted octanol–water partition coefficient (Wildman–Crippen LogP) is 3.44. The summed E-state index contributed by atoms with van der Waals surface area (Å²) in [6, 6.07) is 2.13. The molecule has 1 aromatic rings. The first-order chi connectivity index (χ1) is 12.2. The minimum absolute atomic E-state index is 0.0846. The lowest BCUT2D eigenvalue weighted by Gasteiger charge is -2.33. The van der Waals surface area contributed by atoms with Crippen molar-refractivity contribution in [3.63, 3.8) is 0 Å². The molecule has 6 nitrogen and oxygen atoms in total. The van der Waals surface area contributed by atoms with Gasteiger partial charge in [0.2, 0.25) is 0 Å². The summed E-state index contributed by atoms with van der Waals surface area (Å²) in [7, 11) is 1.55. The van der Waals surface area contributed by atoms with Gasteiger partial charge in [-0.25, -0.2) is 9.59 Å². The quantitative estimate of drug-likeness (QED) is 0.809. The fourth-order valence-electron chi connectivity index (χ4n) is 2.98. The van der Waals surface area contributed by atoms with Crippen molar-refractivity contribution >= 4 is 12.0 Å². The van der Waals surface area contributed by atoms with Gasteiger partial charge in [-0.3, -0.25) is 0 Å². The first kappa shape index (κ1) is 19.7. The van der Waals surface area contributed by atoms with Gasteiger partial charge in [-0.1, -0.05) is 0 Å². The van der Waals surface area contributed by atoms with Crippen LogP contribution in [0.25, 0.3) is 0 Å². The van der Waals surface area contributed by atoms with Crippen molar-refractivity contribution in [3.05, 3.63) is 40.1 Å². The number of rotatable bonds is 5. The Labute approximate surface area is 150 Å². The lowest BCUT2D eigenvalue weighted by Crippen LogP contribution is -2.46. The summed E-state index contributed by atoms with van der Waals surface area (Å²) in [4.78, 5) is 26.0. The van der Waals surface area contributed by atoms with Gasteiger partial charge in [-0.05, 0) is 56.5 Å².